The van der Waals surface area contributed by atoms with Crippen LogP contribution in [0.4, 0.5) is 5.69 Å². The van der Waals surface area contributed by atoms with Gasteiger partial charge in [-0.3, -0.25) is 4.90 Å². The van der Waals surface area contributed by atoms with E-state index >= 15 is 0 Å². The Balaban J connectivity index is 2.33. The Hall–Kier alpha value is -1.33. The minimum atomic E-state index is -0.931. The van der Waals surface area contributed by atoms with Crippen molar-refractivity contribution in [3.8, 4) is 0 Å². The third-order valence-electron chi connectivity index (χ3n) is 4.05. The highest BCUT2D eigenvalue weighted by Crippen LogP contribution is 2.30. The fraction of sp³-hybridized carbons (Fsp3) is 0.438. The molecule has 4 nitrogen and oxygen atoms in total. The SMILES string of the molecule is CN1CCN(c2ccc(Br)cc2/C=C/C(=O)O)CC1(C)C. The van der Waals surface area contributed by atoms with Gasteiger partial charge < -0.3 is 10.0 Å². The maximum Gasteiger partial charge on any atom is 0.328 e. The van der Waals surface area contributed by atoms with Crippen LogP contribution in [-0.2, 0) is 4.79 Å². The number of hydrogen-bond acceptors (Lipinski definition) is 3. The molecule has 1 N–H and O–H groups in total. The van der Waals surface area contributed by atoms with Crippen molar-refractivity contribution in [2.75, 3.05) is 31.6 Å². The fourth-order valence-corrected chi connectivity index (χ4v) is 2.93. The lowest BCUT2D eigenvalue weighted by atomic mass is 9.98. The number of aliphatic carboxylic acids is 1. The molecule has 21 heavy (non-hydrogen) atoms. The van der Waals surface area contributed by atoms with Gasteiger partial charge in [-0.25, -0.2) is 4.79 Å². The van der Waals surface area contributed by atoms with Crippen LogP contribution in [0.5, 0.6) is 0 Å². The van der Waals surface area contributed by atoms with Crippen LogP contribution in [0.25, 0.3) is 6.08 Å². The van der Waals surface area contributed by atoms with E-state index < -0.39 is 5.97 Å². The molecule has 5 heteroatoms. The Morgan fingerprint density at radius 3 is 2.71 bits per heavy atom. The molecule has 1 aromatic carbocycles. The van der Waals surface area contributed by atoms with E-state index in [0.29, 0.717) is 0 Å². The zero-order chi connectivity index (χ0) is 15.6. The molecule has 2 rings (SSSR count). The molecule has 0 atom stereocenters. The minimum Gasteiger partial charge on any atom is -0.478 e. The molecule has 0 unspecified atom stereocenters. The van der Waals surface area contributed by atoms with E-state index in [9.17, 15) is 4.79 Å². The van der Waals surface area contributed by atoms with Crippen molar-refractivity contribution in [2.45, 2.75) is 19.4 Å². The van der Waals surface area contributed by atoms with Crippen LogP contribution in [0.1, 0.15) is 19.4 Å². The molecule has 1 heterocycles. The molecule has 1 fully saturated rings. The zero-order valence-electron chi connectivity index (χ0n) is 12.6. The van der Waals surface area contributed by atoms with Crippen LogP contribution >= 0.6 is 15.9 Å². The summed E-state index contributed by atoms with van der Waals surface area (Å²) in [6, 6.07) is 6.01. The first-order valence-electron chi connectivity index (χ1n) is 6.96. The molecule has 0 aromatic heterocycles. The highest BCUT2D eigenvalue weighted by molar-refractivity contribution is 9.10. The van der Waals surface area contributed by atoms with E-state index in [-0.39, 0.29) is 5.54 Å². The summed E-state index contributed by atoms with van der Waals surface area (Å²) < 4.78 is 0.949. The summed E-state index contributed by atoms with van der Waals surface area (Å²) in [7, 11) is 2.14. The molecule has 0 spiro atoms. The van der Waals surface area contributed by atoms with Crippen LogP contribution in [0.2, 0.25) is 0 Å². The lowest BCUT2D eigenvalue weighted by Crippen LogP contribution is -2.57. The van der Waals surface area contributed by atoms with Gasteiger partial charge in [-0.2, -0.15) is 0 Å². The smallest absolute Gasteiger partial charge is 0.328 e. The minimum absolute atomic E-state index is 0.0963. The molecular weight excluding hydrogens is 332 g/mol. The predicted octanol–water partition coefficient (Wildman–Crippen LogP) is 3.08. The van der Waals surface area contributed by atoms with Gasteiger partial charge in [0.05, 0.1) is 0 Å². The Morgan fingerprint density at radius 2 is 2.10 bits per heavy atom. The van der Waals surface area contributed by atoms with E-state index in [1.807, 2.05) is 18.2 Å². The van der Waals surface area contributed by atoms with Crippen molar-refractivity contribution in [1.29, 1.82) is 0 Å². The van der Waals surface area contributed by atoms with Crippen molar-refractivity contribution < 1.29 is 9.90 Å². The molecule has 1 aliphatic rings. The van der Waals surface area contributed by atoms with Crippen molar-refractivity contribution >= 4 is 33.7 Å². The second-order valence-electron chi connectivity index (χ2n) is 6.03. The third-order valence-corrected chi connectivity index (χ3v) is 4.55. The summed E-state index contributed by atoms with van der Waals surface area (Å²) in [5, 5.41) is 8.84. The van der Waals surface area contributed by atoms with Gasteiger partial charge in [-0.15, -0.1) is 0 Å². The summed E-state index contributed by atoms with van der Waals surface area (Å²) in [4.78, 5) is 15.5. The average Bonchev–Trinajstić information content (AvgIpc) is 2.39. The lowest BCUT2D eigenvalue weighted by molar-refractivity contribution is -0.131. The molecule has 1 saturated heterocycles. The molecule has 0 amide bonds. The Labute approximate surface area is 134 Å². The van der Waals surface area contributed by atoms with Crippen LogP contribution in [-0.4, -0.2) is 48.2 Å². The van der Waals surface area contributed by atoms with Crippen molar-refractivity contribution in [3.63, 3.8) is 0 Å². The number of likely N-dealkylation sites (N-methyl/N-ethyl adjacent to an activating group) is 1. The average molecular weight is 353 g/mol. The number of nitrogens with zero attached hydrogens (tertiary/aromatic N) is 2. The van der Waals surface area contributed by atoms with Crippen LogP contribution in [0.3, 0.4) is 0 Å². The first kappa shape index (κ1) is 16.0. The van der Waals surface area contributed by atoms with Gasteiger partial charge in [0.1, 0.15) is 0 Å². The van der Waals surface area contributed by atoms with Crippen LogP contribution < -0.4 is 4.90 Å². The molecule has 1 aromatic rings. The number of carboxylic acids is 1. The molecule has 0 radical (unpaired) electrons. The quantitative estimate of drug-likeness (QED) is 0.849. The van der Waals surface area contributed by atoms with Gasteiger partial charge >= 0.3 is 5.97 Å². The summed E-state index contributed by atoms with van der Waals surface area (Å²) in [6.07, 6.45) is 2.85. The van der Waals surface area contributed by atoms with E-state index in [4.69, 9.17) is 5.11 Å². The van der Waals surface area contributed by atoms with Gasteiger partial charge in [-0.05, 0) is 50.7 Å². The molecule has 1 aliphatic heterocycles. The Morgan fingerprint density at radius 1 is 1.38 bits per heavy atom. The van der Waals surface area contributed by atoms with E-state index in [0.717, 1.165) is 35.4 Å². The number of carbonyl (C=O) groups is 1. The van der Waals surface area contributed by atoms with Gasteiger partial charge in [-0.1, -0.05) is 15.9 Å². The maximum absolute atomic E-state index is 10.8. The molecule has 0 aliphatic carbocycles. The number of halogens is 1. The van der Waals surface area contributed by atoms with Gasteiger partial charge in [0.15, 0.2) is 0 Å². The largest absolute Gasteiger partial charge is 0.478 e. The predicted molar refractivity (Wildman–Crippen MR) is 89.7 cm³/mol. The zero-order valence-corrected chi connectivity index (χ0v) is 14.2. The normalized spacial score (nSPS) is 19.1. The first-order valence-corrected chi connectivity index (χ1v) is 7.76. The lowest BCUT2D eigenvalue weighted by Gasteiger charge is -2.46. The second-order valence-corrected chi connectivity index (χ2v) is 6.95. The third kappa shape index (κ3) is 3.86. The van der Waals surface area contributed by atoms with Gasteiger partial charge in [0.25, 0.3) is 0 Å². The molecule has 0 bridgehead atoms. The maximum atomic E-state index is 10.8. The highest BCUT2D eigenvalue weighted by atomic mass is 79.9. The summed E-state index contributed by atoms with van der Waals surface area (Å²) in [5.74, 6) is -0.931. The van der Waals surface area contributed by atoms with Gasteiger partial charge in [0.2, 0.25) is 0 Å². The molecule has 114 valence electrons. The number of carboxylic acid groups (broad SMARTS) is 1. The van der Waals surface area contributed by atoms with E-state index in [1.54, 1.807) is 6.08 Å². The van der Waals surface area contributed by atoms with Crippen molar-refractivity contribution in [1.82, 2.24) is 4.90 Å². The van der Waals surface area contributed by atoms with E-state index in [2.05, 4.69) is 46.6 Å². The van der Waals surface area contributed by atoms with Crippen molar-refractivity contribution in [3.05, 3.63) is 34.3 Å². The Bertz CT molecular complexity index is 569. The number of benzene rings is 1. The first-order chi connectivity index (χ1) is 9.79. The number of hydrogen-bond donors (Lipinski definition) is 1. The molecular formula is C16H21BrN2O2. The monoisotopic (exact) mass is 352 g/mol. The number of anilines is 1. The van der Waals surface area contributed by atoms with Crippen molar-refractivity contribution in [2.24, 2.45) is 0 Å². The fourth-order valence-electron chi connectivity index (χ4n) is 2.55. The van der Waals surface area contributed by atoms with Gasteiger partial charge in [0, 0.05) is 41.4 Å². The summed E-state index contributed by atoms with van der Waals surface area (Å²) >= 11 is 3.45. The summed E-state index contributed by atoms with van der Waals surface area (Å²) in [5.41, 5.74) is 2.10. The number of rotatable bonds is 3. The standard InChI is InChI=1S/C16H21BrN2O2/c1-16(2)11-19(9-8-18(16)3)14-6-5-13(17)10-12(14)4-7-15(20)21/h4-7,10H,8-9,11H2,1-3H3,(H,20,21)/b7-4+. The topological polar surface area (TPSA) is 43.8 Å². The van der Waals surface area contributed by atoms with Crippen LogP contribution in [0, 0.1) is 0 Å². The summed E-state index contributed by atoms with van der Waals surface area (Å²) in [6.45, 7) is 7.30. The molecule has 0 saturated carbocycles. The second kappa shape index (κ2) is 6.20. The van der Waals surface area contributed by atoms with E-state index in [1.165, 1.54) is 6.08 Å². The highest BCUT2D eigenvalue weighted by Gasteiger charge is 2.31. The van der Waals surface area contributed by atoms with Crippen LogP contribution in [0.15, 0.2) is 28.7 Å². The number of piperazine rings is 1. The Kier molecular flexibility index (Phi) is 4.74.